The summed E-state index contributed by atoms with van der Waals surface area (Å²) >= 11 is 6.70. The second kappa shape index (κ2) is 10.6. The van der Waals surface area contributed by atoms with Crippen molar-refractivity contribution in [1.82, 2.24) is 14.8 Å². The fourth-order valence-corrected chi connectivity index (χ4v) is 6.09. The van der Waals surface area contributed by atoms with Crippen LogP contribution in [0, 0.1) is 12.8 Å². The summed E-state index contributed by atoms with van der Waals surface area (Å²) < 4.78 is 40.8. The Kier molecular flexibility index (Phi) is 7.51. The smallest absolute Gasteiger partial charge is 0.367 e. The number of piperazine rings is 1. The molecule has 5 rings (SSSR count). The number of fused-ring (bicyclic) bond motifs is 2. The number of aromatic nitrogens is 1. The maximum absolute atomic E-state index is 13.9. The average Bonchev–Trinajstić information content (AvgIpc) is 3.20. The Labute approximate surface area is 230 Å². The van der Waals surface area contributed by atoms with E-state index in [2.05, 4.69) is 26.7 Å². The van der Waals surface area contributed by atoms with Crippen LogP contribution in [0.15, 0.2) is 30.3 Å². The second-order valence-electron chi connectivity index (χ2n) is 10.6. The third kappa shape index (κ3) is 5.44. The second-order valence-corrected chi connectivity index (χ2v) is 11.0. The number of carbonyl (C=O) groups is 2. The van der Waals surface area contributed by atoms with Crippen molar-refractivity contribution < 1.29 is 22.8 Å². The van der Waals surface area contributed by atoms with Crippen molar-refractivity contribution >= 4 is 40.6 Å². The third-order valence-electron chi connectivity index (χ3n) is 7.91. The van der Waals surface area contributed by atoms with Gasteiger partial charge >= 0.3 is 6.18 Å². The van der Waals surface area contributed by atoms with Crippen molar-refractivity contribution in [3.63, 3.8) is 0 Å². The lowest BCUT2D eigenvalue weighted by Gasteiger charge is -2.40. The molecule has 3 aliphatic heterocycles. The van der Waals surface area contributed by atoms with Crippen LogP contribution in [0.3, 0.4) is 0 Å². The van der Waals surface area contributed by atoms with Crippen molar-refractivity contribution in [2.45, 2.75) is 25.6 Å². The van der Waals surface area contributed by atoms with Crippen molar-refractivity contribution in [2.75, 3.05) is 74.6 Å². The van der Waals surface area contributed by atoms with Gasteiger partial charge in [-0.1, -0.05) is 17.7 Å². The molecule has 4 heterocycles. The Morgan fingerprint density at radius 3 is 2.46 bits per heavy atom. The lowest BCUT2D eigenvalue weighted by Crippen LogP contribution is -2.53. The van der Waals surface area contributed by atoms with Gasteiger partial charge in [0.05, 0.1) is 22.0 Å². The summed E-state index contributed by atoms with van der Waals surface area (Å²) in [6.45, 7) is 7.04. The van der Waals surface area contributed by atoms with Crippen molar-refractivity contribution in [3.8, 4) is 0 Å². The lowest BCUT2D eigenvalue weighted by atomic mass is 9.95. The van der Waals surface area contributed by atoms with E-state index >= 15 is 0 Å². The highest BCUT2D eigenvalue weighted by Gasteiger charge is 2.49. The first-order chi connectivity index (χ1) is 18.4. The van der Waals surface area contributed by atoms with Gasteiger partial charge in [-0.3, -0.25) is 19.4 Å². The molecule has 2 aromatic rings. The Morgan fingerprint density at radius 1 is 1.05 bits per heavy atom. The van der Waals surface area contributed by atoms with Gasteiger partial charge in [-0.15, -0.1) is 0 Å². The van der Waals surface area contributed by atoms with E-state index in [1.165, 1.54) is 16.7 Å². The molecule has 1 unspecified atom stereocenters. The average molecular weight is 565 g/mol. The molecule has 210 valence electrons. The van der Waals surface area contributed by atoms with E-state index in [1.54, 1.807) is 25.2 Å². The van der Waals surface area contributed by atoms with E-state index in [9.17, 15) is 22.8 Å². The van der Waals surface area contributed by atoms with E-state index in [0.717, 1.165) is 50.5 Å². The molecule has 2 amide bonds. The van der Waals surface area contributed by atoms with Gasteiger partial charge in [-0.05, 0) is 38.2 Å². The summed E-state index contributed by atoms with van der Waals surface area (Å²) in [6.07, 6.45) is -4.59. The number of anilines is 3. The minimum absolute atomic E-state index is 0.0199. The van der Waals surface area contributed by atoms with E-state index in [-0.39, 0.29) is 23.8 Å². The van der Waals surface area contributed by atoms with E-state index in [0.29, 0.717) is 23.8 Å². The molecule has 3 aliphatic rings. The molecule has 0 aliphatic carbocycles. The van der Waals surface area contributed by atoms with Crippen molar-refractivity contribution in [2.24, 2.45) is 5.92 Å². The number of aryl methyl sites for hydroxylation is 1. The van der Waals surface area contributed by atoms with E-state index < -0.39 is 29.6 Å². The number of hydrogen-bond donors (Lipinski definition) is 0. The molecule has 0 saturated carbocycles. The molecule has 0 spiro atoms. The van der Waals surface area contributed by atoms with Crippen LogP contribution >= 0.6 is 11.6 Å². The number of likely N-dealkylation sites (N-methyl/N-ethyl adjacent to an activating group) is 2. The van der Waals surface area contributed by atoms with Crippen LogP contribution in [-0.2, 0) is 15.8 Å². The van der Waals surface area contributed by atoms with Crippen LogP contribution in [0.25, 0.3) is 0 Å². The minimum atomic E-state index is -4.61. The van der Waals surface area contributed by atoms with Crippen LogP contribution in [0.2, 0.25) is 5.02 Å². The maximum Gasteiger partial charge on any atom is 0.416 e. The number of nitrogens with zero attached hydrogens (tertiary/aromatic N) is 6. The Morgan fingerprint density at radius 2 is 1.77 bits per heavy atom. The summed E-state index contributed by atoms with van der Waals surface area (Å²) in [5.74, 6) is -1.42. The minimum Gasteiger partial charge on any atom is -0.367 e. The quantitative estimate of drug-likeness (QED) is 0.566. The fourth-order valence-electron chi connectivity index (χ4n) is 5.80. The molecular formula is C27H32ClF3N6O2. The predicted octanol–water partition coefficient (Wildman–Crippen LogP) is 3.51. The summed E-state index contributed by atoms with van der Waals surface area (Å²) in [6, 6.07) is 6.15. The molecule has 1 aromatic carbocycles. The van der Waals surface area contributed by atoms with Crippen molar-refractivity contribution in [3.05, 3.63) is 46.6 Å². The fraction of sp³-hybridized carbons (Fsp3) is 0.519. The first kappa shape index (κ1) is 27.7. The number of pyridine rings is 1. The standard InChI is InChI=1S/C27H32ClF3N6O2/c1-17-13-19(27(29,30)31)15-22(32-17)37-23(38)14-18-16-36(12-11-35-9-7-33(2)8-10-35)25-20(28)5-4-6-21(25)34(3)26(39)24(18)37/h4-6,13,15,18,24H,7-12,14,16H2,1-3H3/t18?,24-/m0/s1. The largest absolute Gasteiger partial charge is 0.416 e. The van der Waals surface area contributed by atoms with Gasteiger partial charge in [0, 0.05) is 70.9 Å². The number of rotatable bonds is 4. The first-order valence-electron chi connectivity index (χ1n) is 13.0. The van der Waals surface area contributed by atoms with Gasteiger partial charge in [0.25, 0.3) is 0 Å². The SMILES string of the molecule is Cc1cc(C(F)(F)F)cc(N2C(=O)CC3CN(CCN4CCN(C)CC4)c4c(Cl)cccc4N(C)C(=O)[C@H]32)n1. The normalized spacial score (nSPS) is 23.1. The number of alkyl halides is 3. The zero-order valence-corrected chi connectivity index (χ0v) is 23.0. The predicted molar refractivity (Wildman–Crippen MR) is 144 cm³/mol. The van der Waals surface area contributed by atoms with Crippen molar-refractivity contribution in [1.29, 1.82) is 0 Å². The molecule has 2 fully saturated rings. The van der Waals surface area contributed by atoms with Gasteiger partial charge in [-0.2, -0.15) is 13.2 Å². The summed E-state index contributed by atoms with van der Waals surface area (Å²) in [7, 11) is 3.71. The first-order valence-corrected chi connectivity index (χ1v) is 13.4. The molecule has 1 aromatic heterocycles. The molecule has 0 bridgehead atoms. The molecular weight excluding hydrogens is 533 g/mol. The number of hydrogen-bond acceptors (Lipinski definition) is 6. The lowest BCUT2D eigenvalue weighted by molar-refractivity contribution is -0.137. The van der Waals surface area contributed by atoms with Crippen LogP contribution in [0.1, 0.15) is 17.7 Å². The number of benzene rings is 1. The van der Waals surface area contributed by atoms with Gasteiger partial charge in [-0.25, -0.2) is 4.98 Å². The highest BCUT2D eigenvalue weighted by atomic mass is 35.5. The zero-order chi connectivity index (χ0) is 28.1. The number of carbonyl (C=O) groups excluding carboxylic acids is 2. The number of amides is 2. The summed E-state index contributed by atoms with van der Waals surface area (Å²) in [4.78, 5) is 40.9. The summed E-state index contributed by atoms with van der Waals surface area (Å²) in [5, 5.41) is 0.500. The summed E-state index contributed by atoms with van der Waals surface area (Å²) in [5.41, 5.74) is 0.533. The third-order valence-corrected chi connectivity index (χ3v) is 8.21. The monoisotopic (exact) mass is 564 g/mol. The Balaban J connectivity index is 1.51. The Bertz CT molecular complexity index is 1270. The van der Waals surface area contributed by atoms with Crippen LogP contribution in [0.5, 0.6) is 0 Å². The molecule has 0 N–H and O–H groups in total. The number of halogens is 4. The highest BCUT2D eigenvalue weighted by molar-refractivity contribution is 6.34. The Hall–Kier alpha value is -2.89. The molecule has 12 heteroatoms. The van der Waals surface area contributed by atoms with E-state index in [4.69, 9.17) is 11.6 Å². The zero-order valence-electron chi connectivity index (χ0n) is 22.2. The maximum atomic E-state index is 13.9. The topological polar surface area (TPSA) is 63.2 Å². The molecule has 2 atom stereocenters. The molecule has 39 heavy (non-hydrogen) atoms. The van der Waals surface area contributed by atoms with Gasteiger partial charge in [0.15, 0.2) is 0 Å². The van der Waals surface area contributed by atoms with Crippen LogP contribution in [0.4, 0.5) is 30.4 Å². The van der Waals surface area contributed by atoms with E-state index in [1.807, 2.05) is 0 Å². The molecule has 0 radical (unpaired) electrons. The van der Waals surface area contributed by atoms with Gasteiger partial charge < -0.3 is 14.7 Å². The van der Waals surface area contributed by atoms with Gasteiger partial charge in [0.1, 0.15) is 11.9 Å². The van der Waals surface area contributed by atoms with Crippen LogP contribution < -0.4 is 14.7 Å². The number of para-hydroxylation sites is 1. The van der Waals surface area contributed by atoms with Gasteiger partial charge in [0.2, 0.25) is 11.8 Å². The van der Waals surface area contributed by atoms with Crippen LogP contribution in [-0.4, -0.2) is 92.5 Å². The molecule has 8 nitrogen and oxygen atoms in total. The highest BCUT2D eigenvalue weighted by Crippen LogP contribution is 2.42. The molecule has 2 saturated heterocycles.